The van der Waals surface area contributed by atoms with Crippen molar-refractivity contribution in [3.05, 3.63) is 94.8 Å². The summed E-state index contributed by atoms with van der Waals surface area (Å²) >= 11 is 0. The van der Waals surface area contributed by atoms with Crippen LogP contribution >= 0.6 is 0 Å². The zero-order chi connectivity index (χ0) is 20.1. The number of anilines is 2. The third-order valence-electron chi connectivity index (χ3n) is 4.02. The zero-order valence-corrected chi connectivity index (χ0v) is 15.0. The number of aryl methyl sites for hydroxylation is 1. The van der Waals surface area contributed by atoms with Crippen molar-refractivity contribution < 1.29 is 14.0 Å². The molecule has 0 radical (unpaired) electrons. The average Bonchev–Trinajstić information content (AvgIpc) is 2.69. The van der Waals surface area contributed by atoms with E-state index in [1.807, 2.05) is 25.1 Å². The molecule has 0 bridgehead atoms. The Hall–Kier alpha value is -3.98. The Balaban J connectivity index is 1.67. The third-order valence-corrected chi connectivity index (χ3v) is 4.02. The molecule has 0 spiro atoms. The number of carbonyl (C=O) groups is 2. The van der Waals surface area contributed by atoms with Crippen molar-refractivity contribution in [1.82, 2.24) is 0 Å². The van der Waals surface area contributed by atoms with Gasteiger partial charge in [0.25, 0.3) is 11.8 Å². The molecule has 0 aliphatic carbocycles. The van der Waals surface area contributed by atoms with E-state index in [2.05, 4.69) is 10.6 Å². The van der Waals surface area contributed by atoms with E-state index in [0.717, 1.165) is 11.6 Å². The lowest BCUT2D eigenvalue weighted by atomic mass is 10.1. The summed E-state index contributed by atoms with van der Waals surface area (Å²) in [6.45, 7) is 1.91. The van der Waals surface area contributed by atoms with Crippen LogP contribution in [0.3, 0.4) is 0 Å². The lowest BCUT2D eigenvalue weighted by Gasteiger charge is -2.09. The molecule has 0 aliphatic heterocycles. The van der Waals surface area contributed by atoms with Gasteiger partial charge in [0.2, 0.25) is 0 Å². The molecule has 28 heavy (non-hydrogen) atoms. The van der Waals surface area contributed by atoms with E-state index in [-0.39, 0.29) is 17.0 Å². The maximum Gasteiger partial charge on any atom is 0.258 e. The normalized spacial score (nSPS) is 10.0. The Bertz CT molecular complexity index is 1090. The topological polar surface area (TPSA) is 82.0 Å². The zero-order valence-electron chi connectivity index (χ0n) is 15.0. The molecule has 138 valence electrons. The molecule has 0 atom stereocenters. The monoisotopic (exact) mass is 373 g/mol. The van der Waals surface area contributed by atoms with Crippen LogP contribution in [0.5, 0.6) is 0 Å². The van der Waals surface area contributed by atoms with Crippen molar-refractivity contribution in [2.45, 2.75) is 6.92 Å². The molecule has 0 heterocycles. The van der Waals surface area contributed by atoms with E-state index in [4.69, 9.17) is 5.26 Å². The first kappa shape index (κ1) is 18.8. The molecular formula is C22H16FN3O2. The highest BCUT2D eigenvalue weighted by Crippen LogP contribution is 2.17. The molecular weight excluding hydrogens is 357 g/mol. The number of carbonyl (C=O) groups excluding carboxylic acids is 2. The fraction of sp³-hybridized carbons (Fsp3) is 0.0455. The summed E-state index contributed by atoms with van der Waals surface area (Å²) in [4.78, 5) is 24.5. The second-order valence-electron chi connectivity index (χ2n) is 6.16. The van der Waals surface area contributed by atoms with E-state index >= 15 is 0 Å². The van der Waals surface area contributed by atoms with Crippen LogP contribution in [0.1, 0.15) is 31.8 Å². The maximum absolute atomic E-state index is 13.9. The number of nitriles is 1. The molecule has 0 aliphatic rings. The van der Waals surface area contributed by atoms with Gasteiger partial charge in [-0.2, -0.15) is 5.26 Å². The van der Waals surface area contributed by atoms with Gasteiger partial charge in [0.15, 0.2) is 0 Å². The molecule has 2 N–H and O–H groups in total. The van der Waals surface area contributed by atoms with Gasteiger partial charge in [-0.3, -0.25) is 9.59 Å². The SMILES string of the molecule is Cc1cccc(C(=O)Nc2ccc(NC(=O)c3ccc(C#N)cc3F)cc2)c1. The Morgan fingerprint density at radius 1 is 0.893 bits per heavy atom. The second-order valence-corrected chi connectivity index (χ2v) is 6.16. The van der Waals surface area contributed by atoms with Gasteiger partial charge in [-0.25, -0.2) is 4.39 Å². The molecule has 3 rings (SSSR count). The second kappa shape index (κ2) is 8.14. The van der Waals surface area contributed by atoms with Crippen LogP contribution in [-0.4, -0.2) is 11.8 Å². The average molecular weight is 373 g/mol. The first-order valence-corrected chi connectivity index (χ1v) is 8.45. The molecule has 0 saturated carbocycles. The number of amides is 2. The molecule has 0 aromatic heterocycles. The summed E-state index contributed by atoms with van der Waals surface area (Å²) in [5.74, 6) is -1.63. The van der Waals surface area contributed by atoms with Gasteiger partial charge in [-0.05, 0) is 61.5 Å². The minimum atomic E-state index is -0.765. The van der Waals surface area contributed by atoms with Crippen LogP contribution in [0.4, 0.5) is 15.8 Å². The summed E-state index contributed by atoms with van der Waals surface area (Å²) in [5.41, 5.74) is 2.53. The minimum absolute atomic E-state index is 0.141. The molecule has 3 aromatic rings. The lowest BCUT2D eigenvalue weighted by Crippen LogP contribution is -2.14. The molecule has 0 saturated heterocycles. The predicted molar refractivity (Wildman–Crippen MR) is 105 cm³/mol. The standard InChI is InChI=1S/C22H16FN3O2/c1-14-3-2-4-16(11-14)21(27)25-17-6-8-18(9-7-17)26-22(28)19-10-5-15(13-24)12-20(19)23/h2-12H,1H3,(H,25,27)(H,26,28). The number of rotatable bonds is 4. The lowest BCUT2D eigenvalue weighted by molar-refractivity contribution is 0.101. The van der Waals surface area contributed by atoms with Gasteiger partial charge in [0.1, 0.15) is 5.82 Å². The summed E-state index contributed by atoms with van der Waals surface area (Å²) in [5, 5.41) is 14.1. The van der Waals surface area contributed by atoms with Crippen molar-refractivity contribution in [2.24, 2.45) is 0 Å². The van der Waals surface area contributed by atoms with E-state index < -0.39 is 11.7 Å². The molecule has 0 unspecified atom stereocenters. The van der Waals surface area contributed by atoms with Crippen LogP contribution in [0.25, 0.3) is 0 Å². The van der Waals surface area contributed by atoms with Gasteiger partial charge in [0.05, 0.1) is 17.2 Å². The predicted octanol–water partition coefficient (Wildman–Crippen LogP) is 4.51. The molecule has 3 aromatic carbocycles. The highest BCUT2D eigenvalue weighted by molar-refractivity contribution is 6.06. The number of nitrogens with zero attached hydrogens (tertiary/aromatic N) is 1. The number of nitrogens with one attached hydrogen (secondary N) is 2. The van der Waals surface area contributed by atoms with Crippen molar-refractivity contribution in [1.29, 1.82) is 5.26 Å². The third kappa shape index (κ3) is 4.40. The molecule has 5 nitrogen and oxygen atoms in total. The van der Waals surface area contributed by atoms with Gasteiger partial charge >= 0.3 is 0 Å². The molecule has 2 amide bonds. The van der Waals surface area contributed by atoms with E-state index in [9.17, 15) is 14.0 Å². The van der Waals surface area contributed by atoms with Crippen LogP contribution in [0, 0.1) is 24.1 Å². The first-order valence-electron chi connectivity index (χ1n) is 8.45. The number of hydrogen-bond acceptors (Lipinski definition) is 3. The summed E-state index contributed by atoms with van der Waals surface area (Å²) < 4.78 is 13.9. The van der Waals surface area contributed by atoms with Crippen molar-refractivity contribution in [3.8, 4) is 6.07 Å². The first-order chi connectivity index (χ1) is 13.5. The van der Waals surface area contributed by atoms with Gasteiger partial charge < -0.3 is 10.6 Å². The minimum Gasteiger partial charge on any atom is -0.322 e. The quantitative estimate of drug-likeness (QED) is 0.706. The van der Waals surface area contributed by atoms with Gasteiger partial charge in [-0.1, -0.05) is 17.7 Å². The fourth-order valence-corrected chi connectivity index (χ4v) is 2.59. The van der Waals surface area contributed by atoms with E-state index in [1.54, 1.807) is 36.4 Å². The summed E-state index contributed by atoms with van der Waals surface area (Å²) in [6, 6.07) is 19.2. The molecule has 6 heteroatoms. The number of benzene rings is 3. The Labute approximate surface area is 161 Å². The van der Waals surface area contributed by atoms with Crippen molar-refractivity contribution in [2.75, 3.05) is 10.6 Å². The largest absolute Gasteiger partial charge is 0.322 e. The number of hydrogen-bond donors (Lipinski definition) is 2. The van der Waals surface area contributed by atoms with Gasteiger partial charge in [-0.15, -0.1) is 0 Å². The summed E-state index contributed by atoms with van der Waals surface area (Å²) in [6.07, 6.45) is 0. The van der Waals surface area contributed by atoms with Crippen LogP contribution in [0.15, 0.2) is 66.7 Å². The number of halogens is 1. The van der Waals surface area contributed by atoms with E-state index in [1.165, 1.54) is 12.1 Å². The fourth-order valence-electron chi connectivity index (χ4n) is 2.59. The molecule has 0 fully saturated rings. The highest BCUT2D eigenvalue weighted by atomic mass is 19.1. The van der Waals surface area contributed by atoms with Crippen LogP contribution < -0.4 is 10.6 Å². The smallest absolute Gasteiger partial charge is 0.258 e. The Morgan fingerprint density at radius 3 is 2.11 bits per heavy atom. The van der Waals surface area contributed by atoms with Crippen LogP contribution in [0.2, 0.25) is 0 Å². The summed E-state index contributed by atoms with van der Waals surface area (Å²) in [7, 11) is 0. The van der Waals surface area contributed by atoms with Crippen molar-refractivity contribution >= 4 is 23.2 Å². The highest BCUT2D eigenvalue weighted by Gasteiger charge is 2.13. The van der Waals surface area contributed by atoms with Gasteiger partial charge in [0, 0.05) is 16.9 Å². The van der Waals surface area contributed by atoms with Crippen LogP contribution in [-0.2, 0) is 0 Å². The van der Waals surface area contributed by atoms with Crippen molar-refractivity contribution in [3.63, 3.8) is 0 Å². The Morgan fingerprint density at radius 2 is 1.54 bits per heavy atom. The Kier molecular flexibility index (Phi) is 5.47. The van der Waals surface area contributed by atoms with E-state index in [0.29, 0.717) is 16.9 Å². The maximum atomic E-state index is 13.9.